The van der Waals surface area contributed by atoms with Crippen LogP contribution in [0.2, 0.25) is 0 Å². The Morgan fingerprint density at radius 1 is 1.28 bits per heavy atom. The Kier molecular flexibility index (Phi) is 4.14. The van der Waals surface area contributed by atoms with Gasteiger partial charge in [0.1, 0.15) is 0 Å². The van der Waals surface area contributed by atoms with Crippen molar-refractivity contribution in [3.8, 4) is 0 Å². The number of rotatable bonds is 3. The van der Waals surface area contributed by atoms with Crippen LogP contribution in [0, 0.1) is 0 Å². The van der Waals surface area contributed by atoms with E-state index in [9.17, 15) is 9.59 Å². The average Bonchev–Trinajstić information content (AvgIpc) is 2.27. The van der Waals surface area contributed by atoms with E-state index in [1.165, 1.54) is 24.0 Å². The van der Waals surface area contributed by atoms with Gasteiger partial charge in [0.2, 0.25) is 0 Å². The third kappa shape index (κ3) is 3.13. The molecule has 0 saturated carbocycles. The highest BCUT2D eigenvalue weighted by atomic mass is 16.5. The number of carbonyl (C=O) groups is 2. The fourth-order valence-electron chi connectivity index (χ4n) is 1.41. The Bertz CT molecular complexity index is 472. The molecule has 1 rings (SSSR count). The van der Waals surface area contributed by atoms with Gasteiger partial charge >= 0.3 is 5.97 Å². The Labute approximate surface area is 105 Å². The van der Waals surface area contributed by atoms with Gasteiger partial charge < -0.3 is 21.1 Å². The van der Waals surface area contributed by atoms with E-state index in [-0.39, 0.29) is 17.2 Å². The SMILES string of the molecule is CC(OC(=O)c1ccc(N)cc1N)C(=O)N(C)C. The van der Waals surface area contributed by atoms with Gasteiger partial charge in [0.05, 0.1) is 5.56 Å². The number of benzene rings is 1. The Balaban J connectivity index is 2.80. The van der Waals surface area contributed by atoms with Gasteiger partial charge in [0.25, 0.3) is 5.91 Å². The normalized spacial score (nSPS) is 11.7. The van der Waals surface area contributed by atoms with E-state index < -0.39 is 12.1 Å². The van der Waals surface area contributed by atoms with Crippen LogP contribution < -0.4 is 11.5 Å². The van der Waals surface area contributed by atoms with Crippen LogP contribution in [0.1, 0.15) is 17.3 Å². The van der Waals surface area contributed by atoms with Crippen molar-refractivity contribution >= 4 is 23.3 Å². The Morgan fingerprint density at radius 2 is 1.89 bits per heavy atom. The first-order chi connectivity index (χ1) is 8.32. The van der Waals surface area contributed by atoms with Crippen molar-refractivity contribution in [2.45, 2.75) is 13.0 Å². The molecule has 0 spiro atoms. The maximum absolute atomic E-state index is 11.8. The van der Waals surface area contributed by atoms with E-state index in [0.717, 1.165) is 0 Å². The summed E-state index contributed by atoms with van der Waals surface area (Å²) < 4.78 is 5.03. The summed E-state index contributed by atoms with van der Waals surface area (Å²) in [6, 6.07) is 4.49. The van der Waals surface area contributed by atoms with Crippen LogP contribution in [0.4, 0.5) is 11.4 Å². The molecule has 0 aliphatic heterocycles. The topological polar surface area (TPSA) is 98.6 Å². The zero-order chi connectivity index (χ0) is 13.9. The van der Waals surface area contributed by atoms with Crippen molar-refractivity contribution in [3.05, 3.63) is 23.8 Å². The number of nitrogens with zero attached hydrogens (tertiary/aromatic N) is 1. The van der Waals surface area contributed by atoms with Gasteiger partial charge in [0, 0.05) is 25.5 Å². The lowest BCUT2D eigenvalue weighted by Gasteiger charge is -2.17. The molecule has 1 amide bonds. The molecule has 0 aromatic heterocycles. The number of nitrogen functional groups attached to an aromatic ring is 2. The lowest BCUT2D eigenvalue weighted by molar-refractivity contribution is -0.137. The van der Waals surface area contributed by atoms with Gasteiger partial charge in [-0.3, -0.25) is 4.79 Å². The molecule has 6 nitrogen and oxygen atoms in total. The minimum Gasteiger partial charge on any atom is -0.449 e. The minimum absolute atomic E-state index is 0.197. The molecule has 0 heterocycles. The van der Waals surface area contributed by atoms with Gasteiger partial charge in [0.15, 0.2) is 6.10 Å². The van der Waals surface area contributed by atoms with Crippen molar-refractivity contribution in [1.29, 1.82) is 0 Å². The first kappa shape index (κ1) is 13.8. The van der Waals surface area contributed by atoms with Crippen molar-refractivity contribution in [1.82, 2.24) is 4.90 Å². The molecule has 6 heteroatoms. The zero-order valence-electron chi connectivity index (χ0n) is 10.6. The lowest BCUT2D eigenvalue weighted by atomic mass is 10.1. The van der Waals surface area contributed by atoms with Crippen molar-refractivity contribution in [3.63, 3.8) is 0 Å². The number of hydrogen-bond acceptors (Lipinski definition) is 5. The van der Waals surface area contributed by atoms with E-state index in [1.807, 2.05) is 0 Å². The summed E-state index contributed by atoms with van der Waals surface area (Å²) in [5.41, 5.74) is 12.1. The fourth-order valence-corrected chi connectivity index (χ4v) is 1.41. The second-order valence-corrected chi connectivity index (χ2v) is 4.13. The molecule has 1 aromatic rings. The summed E-state index contributed by atoms with van der Waals surface area (Å²) in [7, 11) is 3.18. The van der Waals surface area contributed by atoms with E-state index in [1.54, 1.807) is 20.2 Å². The summed E-state index contributed by atoms with van der Waals surface area (Å²) in [5, 5.41) is 0. The second-order valence-electron chi connectivity index (χ2n) is 4.13. The summed E-state index contributed by atoms with van der Waals surface area (Å²) >= 11 is 0. The third-order valence-corrected chi connectivity index (χ3v) is 2.37. The average molecular weight is 251 g/mol. The van der Waals surface area contributed by atoms with E-state index in [0.29, 0.717) is 5.69 Å². The fraction of sp³-hybridized carbons (Fsp3) is 0.333. The number of ether oxygens (including phenoxy) is 1. The summed E-state index contributed by atoms with van der Waals surface area (Å²) in [6.45, 7) is 1.51. The third-order valence-electron chi connectivity index (χ3n) is 2.37. The molecular formula is C12H17N3O3. The van der Waals surface area contributed by atoms with Gasteiger partial charge in [-0.15, -0.1) is 0 Å². The van der Waals surface area contributed by atoms with Gasteiger partial charge in [-0.1, -0.05) is 0 Å². The number of carbonyl (C=O) groups excluding carboxylic acids is 2. The highest BCUT2D eigenvalue weighted by molar-refractivity contribution is 5.97. The number of amides is 1. The lowest BCUT2D eigenvalue weighted by Crippen LogP contribution is -2.35. The summed E-state index contributed by atoms with van der Waals surface area (Å²) in [5.74, 6) is -0.937. The first-order valence-corrected chi connectivity index (χ1v) is 5.40. The Morgan fingerprint density at radius 3 is 2.39 bits per heavy atom. The molecule has 1 atom stereocenters. The molecule has 0 aliphatic carbocycles. The predicted molar refractivity (Wildman–Crippen MR) is 68.8 cm³/mol. The maximum atomic E-state index is 11.8. The number of esters is 1. The van der Waals surface area contributed by atoms with Crippen LogP contribution in [-0.2, 0) is 9.53 Å². The van der Waals surface area contributed by atoms with Crippen LogP contribution in [0.3, 0.4) is 0 Å². The standard InChI is InChI=1S/C12H17N3O3/c1-7(11(16)15(2)3)18-12(17)9-5-4-8(13)6-10(9)14/h4-7H,13-14H2,1-3H3. The van der Waals surface area contributed by atoms with E-state index in [2.05, 4.69) is 0 Å². The smallest absolute Gasteiger partial charge is 0.341 e. The minimum atomic E-state index is -0.857. The van der Waals surface area contributed by atoms with Crippen LogP contribution in [0.25, 0.3) is 0 Å². The van der Waals surface area contributed by atoms with Crippen molar-refractivity contribution < 1.29 is 14.3 Å². The van der Waals surface area contributed by atoms with Crippen LogP contribution >= 0.6 is 0 Å². The van der Waals surface area contributed by atoms with Gasteiger partial charge in [-0.05, 0) is 25.1 Å². The molecule has 4 N–H and O–H groups in total. The van der Waals surface area contributed by atoms with Crippen molar-refractivity contribution in [2.24, 2.45) is 0 Å². The molecule has 18 heavy (non-hydrogen) atoms. The van der Waals surface area contributed by atoms with Gasteiger partial charge in [-0.2, -0.15) is 0 Å². The molecule has 1 unspecified atom stereocenters. The molecule has 0 radical (unpaired) electrons. The van der Waals surface area contributed by atoms with Gasteiger partial charge in [-0.25, -0.2) is 4.79 Å². The van der Waals surface area contributed by atoms with E-state index in [4.69, 9.17) is 16.2 Å². The molecule has 0 bridgehead atoms. The number of hydrogen-bond donors (Lipinski definition) is 2. The maximum Gasteiger partial charge on any atom is 0.341 e. The van der Waals surface area contributed by atoms with Crippen LogP contribution in [0.5, 0.6) is 0 Å². The number of anilines is 2. The molecule has 0 aliphatic rings. The highest BCUT2D eigenvalue weighted by Crippen LogP contribution is 2.17. The predicted octanol–water partition coefficient (Wildman–Crippen LogP) is 0.484. The van der Waals surface area contributed by atoms with Crippen LogP contribution in [-0.4, -0.2) is 37.0 Å². The number of likely N-dealkylation sites (N-methyl/N-ethyl adjacent to an activating group) is 1. The zero-order valence-corrected chi connectivity index (χ0v) is 10.6. The molecule has 1 aromatic carbocycles. The molecular weight excluding hydrogens is 234 g/mol. The van der Waals surface area contributed by atoms with Crippen molar-refractivity contribution in [2.75, 3.05) is 25.6 Å². The monoisotopic (exact) mass is 251 g/mol. The molecule has 98 valence electrons. The molecule has 0 saturated heterocycles. The Hall–Kier alpha value is -2.24. The largest absolute Gasteiger partial charge is 0.449 e. The van der Waals surface area contributed by atoms with E-state index >= 15 is 0 Å². The quantitative estimate of drug-likeness (QED) is 0.601. The summed E-state index contributed by atoms with van der Waals surface area (Å²) in [4.78, 5) is 24.7. The number of nitrogens with two attached hydrogens (primary N) is 2. The highest BCUT2D eigenvalue weighted by Gasteiger charge is 2.21. The second kappa shape index (κ2) is 5.39. The van der Waals surface area contributed by atoms with Crippen LogP contribution in [0.15, 0.2) is 18.2 Å². The summed E-state index contributed by atoms with van der Waals surface area (Å²) in [6.07, 6.45) is -0.857. The first-order valence-electron chi connectivity index (χ1n) is 5.40. The molecule has 0 fully saturated rings.